The maximum atomic E-state index is 10.2. The van der Waals surface area contributed by atoms with Crippen LogP contribution >= 0.6 is 0 Å². The van der Waals surface area contributed by atoms with Gasteiger partial charge in [-0.3, -0.25) is 10.9 Å². The van der Waals surface area contributed by atoms with Crippen molar-refractivity contribution >= 4 is 41.6 Å². The second-order valence-electron chi connectivity index (χ2n) is 2.93. The van der Waals surface area contributed by atoms with Gasteiger partial charge in [0.15, 0.2) is 0 Å². The van der Waals surface area contributed by atoms with Crippen molar-refractivity contribution in [3.63, 3.8) is 0 Å². The first kappa shape index (κ1) is 24.7. The van der Waals surface area contributed by atoms with Crippen molar-refractivity contribution in [1.29, 1.82) is 0 Å². The molecule has 0 aliphatic heterocycles. The van der Waals surface area contributed by atoms with Crippen molar-refractivity contribution in [2.45, 2.75) is 26.7 Å². The number of rotatable bonds is 6. The quantitative estimate of drug-likeness (QED) is 0.137. The van der Waals surface area contributed by atoms with Crippen molar-refractivity contribution in [3.8, 4) is 0 Å². The summed E-state index contributed by atoms with van der Waals surface area (Å²) in [4.78, 5) is 29.4. The first-order valence-corrected chi connectivity index (χ1v) is 5.69. The van der Waals surface area contributed by atoms with Crippen LogP contribution in [0.3, 0.4) is 0 Å². The number of hydrogen-bond acceptors (Lipinski definition) is 8. The van der Waals surface area contributed by atoms with Crippen molar-refractivity contribution in [3.05, 3.63) is 0 Å². The Hall–Kier alpha value is -1.34. The maximum Gasteiger partial charge on any atom is 0.376 e. The van der Waals surface area contributed by atoms with E-state index in [0.717, 1.165) is 12.8 Å². The number of carbonyl (C=O) groups excluding carboxylic acids is 2. The third-order valence-electron chi connectivity index (χ3n) is 1.22. The molecule has 13 heteroatoms. The summed E-state index contributed by atoms with van der Waals surface area (Å²) in [5.41, 5.74) is 3.53. The molecular formula is C8H20N8NaO4. The largest absolute Gasteiger partial charge is 0.379 e. The standard InChI is InChI=1S/2C4H10N4O2.Na/c2*1-2-3-10-8-7-4(9)6-5;/h2*2-3,5H2,1H3,(H,6,9);. The first-order valence-electron chi connectivity index (χ1n) is 5.69. The van der Waals surface area contributed by atoms with Gasteiger partial charge in [-0.2, -0.15) is 0 Å². The van der Waals surface area contributed by atoms with Crippen LogP contribution in [0, 0.1) is 0 Å². The molecule has 1 radical (unpaired) electrons. The SMILES string of the molecule is CCCON=NC(=O)NN.CCCON=NC(=O)NN.[Na]. The topological polar surface area (TPSA) is 178 Å². The fraction of sp³-hybridized carbons (Fsp3) is 0.750. The predicted octanol–water partition coefficient (Wildman–Crippen LogP) is 0.346. The fourth-order valence-electron chi connectivity index (χ4n) is 0.454. The van der Waals surface area contributed by atoms with Gasteiger partial charge in [0.2, 0.25) is 0 Å². The molecule has 0 fully saturated rings. The van der Waals surface area contributed by atoms with Gasteiger partial charge in [-0.15, -0.1) is 0 Å². The second kappa shape index (κ2) is 21.0. The van der Waals surface area contributed by atoms with Gasteiger partial charge in [0.1, 0.15) is 13.2 Å². The van der Waals surface area contributed by atoms with Crippen LogP contribution in [0.15, 0.2) is 20.8 Å². The van der Waals surface area contributed by atoms with Crippen LogP contribution in [0.2, 0.25) is 0 Å². The number of urea groups is 2. The van der Waals surface area contributed by atoms with Gasteiger partial charge < -0.3 is 9.68 Å². The van der Waals surface area contributed by atoms with Crippen LogP contribution in [0.4, 0.5) is 9.59 Å². The fourth-order valence-corrected chi connectivity index (χ4v) is 0.454. The van der Waals surface area contributed by atoms with E-state index in [0.29, 0.717) is 13.2 Å². The zero-order valence-electron chi connectivity index (χ0n) is 12.4. The third kappa shape index (κ3) is 24.1. The molecule has 0 aromatic heterocycles. The van der Waals surface area contributed by atoms with Crippen molar-refractivity contribution in [2.24, 2.45) is 32.5 Å². The van der Waals surface area contributed by atoms with E-state index in [2.05, 4.69) is 42.1 Å². The summed E-state index contributed by atoms with van der Waals surface area (Å²) in [7, 11) is 0. The number of hydrogen-bond donors (Lipinski definition) is 4. The minimum atomic E-state index is -0.726. The summed E-state index contributed by atoms with van der Waals surface area (Å²) in [6.45, 7) is 4.72. The third-order valence-corrected chi connectivity index (χ3v) is 1.22. The van der Waals surface area contributed by atoms with Crippen LogP contribution in [-0.4, -0.2) is 54.8 Å². The van der Waals surface area contributed by atoms with E-state index in [-0.39, 0.29) is 29.6 Å². The Morgan fingerprint density at radius 3 is 1.48 bits per heavy atom. The summed E-state index contributed by atoms with van der Waals surface area (Å²) in [6, 6.07) is -1.45. The second-order valence-corrected chi connectivity index (χ2v) is 2.93. The molecule has 0 aliphatic rings. The van der Waals surface area contributed by atoms with Crippen LogP contribution in [-0.2, 0) is 9.68 Å². The Morgan fingerprint density at radius 1 is 0.905 bits per heavy atom. The molecule has 0 atom stereocenters. The van der Waals surface area contributed by atoms with Crippen LogP contribution in [0.25, 0.3) is 0 Å². The smallest absolute Gasteiger partial charge is 0.376 e. The number of carbonyl (C=O) groups is 2. The van der Waals surface area contributed by atoms with E-state index in [1.165, 1.54) is 0 Å². The number of hydrazine groups is 2. The van der Waals surface area contributed by atoms with E-state index in [9.17, 15) is 9.59 Å². The molecule has 0 heterocycles. The molecule has 0 saturated heterocycles. The van der Waals surface area contributed by atoms with Crippen molar-refractivity contribution < 1.29 is 19.3 Å². The Morgan fingerprint density at radius 2 is 1.24 bits per heavy atom. The molecule has 0 rings (SSSR count). The molecule has 117 valence electrons. The Labute approximate surface area is 144 Å². The zero-order chi connectivity index (χ0) is 15.6. The van der Waals surface area contributed by atoms with Crippen molar-refractivity contribution in [1.82, 2.24) is 10.9 Å². The van der Waals surface area contributed by atoms with Gasteiger partial charge in [0, 0.05) is 40.1 Å². The summed E-state index contributed by atoms with van der Waals surface area (Å²) >= 11 is 0. The summed E-state index contributed by atoms with van der Waals surface area (Å²) in [5.74, 6) is 9.36. The minimum absolute atomic E-state index is 0. The number of amides is 4. The Bertz CT molecular complexity index is 285. The summed E-state index contributed by atoms with van der Waals surface area (Å²) in [5, 5.41) is 12.1. The number of nitrogens with one attached hydrogen (secondary N) is 2. The molecule has 0 unspecified atom stereocenters. The Kier molecular flexibility index (Phi) is 24.6. The number of nitrogens with two attached hydrogens (primary N) is 2. The normalized spacial score (nSPS) is 9.33. The molecule has 6 N–H and O–H groups in total. The molecule has 12 nitrogen and oxygen atoms in total. The average molecular weight is 315 g/mol. The molecule has 0 saturated carbocycles. The summed E-state index contributed by atoms with van der Waals surface area (Å²) < 4.78 is 0. The molecular weight excluding hydrogens is 295 g/mol. The van der Waals surface area contributed by atoms with E-state index in [1.807, 2.05) is 13.8 Å². The summed E-state index contributed by atoms with van der Waals surface area (Å²) in [6.07, 6.45) is 1.65. The zero-order valence-corrected chi connectivity index (χ0v) is 14.4. The molecule has 0 bridgehead atoms. The predicted molar refractivity (Wildman–Crippen MR) is 73.4 cm³/mol. The van der Waals surface area contributed by atoms with E-state index >= 15 is 0 Å². The van der Waals surface area contributed by atoms with Gasteiger partial charge in [0.25, 0.3) is 0 Å². The molecule has 21 heavy (non-hydrogen) atoms. The van der Waals surface area contributed by atoms with Gasteiger partial charge in [0.05, 0.1) is 0 Å². The number of nitrogens with zero attached hydrogens (tertiary/aromatic N) is 4. The van der Waals surface area contributed by atoms with E-state index in [4.69, 9.17) is 0 Å². The molecule has 0 spiro atoms. The van der Waals surface area contributed by atoms with E-state index < -0.39 is 12.1 Å². The molecule has 0 aromatic rings. The Balaban J connectivity index is -0.000000295. The monoisotopic (exact) mass is 315 g/mol. The van der Waals surface area contributed by atoms with E-state index in [1.54, 1.807) is 10.9 Å². The van der Waals surface area contributed by atoms with Gasteiger partial charge in [-0.05, 0) is 12.8 Å². The molecule has 0 aliphatic carbocycles. The van der Waals surface area contributed by atoms with Gasteiger partial charge in [-0.25, -0.2) is 21.3 Å². The average Bonchev–Trinajstić information content (AvgIpc) is 2.48. The van der Waals surface area contributed by atoms with Crippen LogP contribution in [0.5, 0.6) is 0 Å². The molecule has 0 aromatic carbocycles. The van der Waals surface area contributed by atoms with Crippen molar-refractivity contribution in [2.75, 3.05) is 13.2 Å². The van der Waals surface area contributed by atoms with Gasteiger partial charge >= 0.3 is 12.1 Å². The molecule has 4 amide bonds. The van der Waals surface area contributed by atoms with Crippen LogP contribution in [0.1, 0.15) is 26.7 Å². The van der Waals surface area contributed by atoms with Crippen LogP contribution < -0.4 is 22.5 Å². The first-order chi connectivity index (χ1) is 9.62. The maximum absolute atomic E-state index is 10.2. The minimum Gasteiger partial charge on any atom is -0.379 e. The van der Waals surface area contributed by atoms with Gasteiger partial charge in [-0.1, -0.05) is 24.1 Å².